The number of carbonyl (C=O) groups excluding carboxylic acids is 1. The molecule has 1 fully saturated rings. The number of hydrogen-bond donors (Lipinski definition) is 2. The molecule has 0 radical (unpaired) electrons. The van der Waals surface area contributed by atoms with Gasteiger partial charge in [0.15, 0.2) is 5.11 Å². The first kappa shape index (κ1) is 24.5. The second-order valence-electron chi connectivity index (χ2n) is 8.05. The van der Waals surface area contributed by atoms with Gasteiger partial charge in [0.1, 0.15) is 18.1 Å². The highest BCUT2D eigenvalue weighted by Gasteiger charge is 2.17. The molecule has 1 aliphatic rings. The average Bonchev–Trinajstić information content (AvgIpc) is 3.27. The Hall–Kier alpha value is -2.16. The fraction of sp³-hybridized carbons (Fsp3) is 0.417. The molecule has 32 heavy (non-hydrogen) atoms. The molecule has 0 spiro atoms. The Morgan fingerprint density at radius 3 is 2.84 bits per heavy atom. The molecule has 8 heteroatoms. The fourth-order valence-electron chi connectivity index (χ4n) is 3.17. The molecule has 1 heterocycles. The number of amides is 1. The number of nitrogens with one attached hydrogen (secondary N) is 2. The van der Waals surface area contributed by atoms with Crippen molar-refractivity contribution in [2.24, 2.45) is 5.92 Å². The minimum Gasteiger partial charge on any atom is -0.493 e. The van der Waals surface area contributed by atoms with Crippen molar-refractivity contribution in [3.05, 3.63) is 52.5 Å². The number of anilines is 1. The smallest absolute Gasteiger partial charge is 0.261 e. The third kappa shape index (κ3) is 7.76. The van der Waals surface area contributed by atoms with Gasteiger partial charge in [-0.25, -0.2) is 0 Å². The van der Waals surface area contributed by atoms with Crippen molar-refractivity contribution in [3.8, 4) is 11.5 Å². The molecule has 0 aliphatic carbocycles. The molecule has 0 saturated carbocycles. The standard InChI is InChI=1S/C24H29BrN2O4S/c1-16(2)10-12-30-22-9-8-17(25)13-21(22)23(28)27-24(32)26-18-5-3-6-19(14-18)31-15-20-7-4-11-29-20/h3,5-6,8-9,13-14,16,20H,4,7,10-12,15H2,1-2H3,(H2,26,27,28,32). The topological polar surface area (TPSA) is 68.8 Å². The molecule has 2 aromatic carbocycles. The molecule has 3 rings (SSSR count). The number of carbonyl (C=O) groups is 1. The second-order valence-corrected chi connectivity index (χ2v) is 9.38. The predicted molar refractivity (Wildman–Crippen MR) is 134 cm³/mol. The van der Waals surface area contributed by atoms with Gasteiger partial charge < -0.3 is 19.5 Å². The zero-order valence-corrected chi connectivity index (χ0v) is 20.8. The minimum absolute atomic E-state index is 0.147. The maximum absolute atomic E-state index is 12.9. The first-order chi connectivity index (χ1) is 15.4. The van der Waals surface area contributed by atoms with Crippen LogP contribution in [0.3, 0.4) is 0 Å². The molecule has 6 nitrogen and oxygen atoms in total. The molecule has 1 atom stereocenters. The summed E-state index contributed by atoms with van der Waals surface area (Å²) < 4.78 is 18.0. The van der Waals surface area contributed by atoms with E-state index in [1.807, 2.05) is 30.3 Å². The fourth-order valence-corrected chi connectivity index (χ4v) is 3.74. The maximum Gasteiger partial charge on any atom is 0.261 e. The van der Waals surface area contributed by atoms with E-state index in [0.29, 0.717) is 36.2 Å². The summed E-state index contributed by atoms with van der Waals surface area (Å²) in [5, 5.41) is 5.96. The lowest BCUT2D eigenvalue weighted by Gasteiger charge is -2.15. The van der Waals surface area contributed by atoms with Crippen molar-refractivity contribution in [1.29, 1.82) is 0 Å². The third-order valence-electron chi connectivity index (χ3n) is 4.92. The van der Waals surface area contributed by atoms with Crippen LogP contribution in [-0.2, 0) is 4.74 Å². The molecular weight excluding hydrogens is 492 g/mol. The summed E-state index contributed by atoms with van der Waals surface area (Å²) in [5.41, 5.74) is 1.14. The van der Waals surface area contributed by atoms with Crippen LogP contribution in [0.2, 0.25) is 0 Å². The van der Waals surface area contributed by atoms with Crippen molar-refractivity contribution in [1.82, 2.24) is 5.32 Å². The zero-order valence-electron chi connectivity index (χ0n) is 18.4. The van der Waals surface area contributed by atoms with Crippen LogP contribution < -0.4 is 20.1 Å². The number of benzene rings is 2. The molecule has 172 valence electrons. The summed E-state index contributed by atoms with van der Waals surface area (Å²) in [7, 11) is 0. The van der Waals surface area contributed by atoms with Gasteiger partial charge >= 0.3 is 0 Å². The van der Waals surface area contributed by atoms with Gasteiger partial charge in [0.05, 0.1) is 18.3 Å². The Labute approximate surface area is 203 Å². The van der Waals surface area contributed by atoms with E-state index in [-0.39, 0.29) is 17.1 Å². The van der Waals surface area contributed by atoms with E-state index in [1.165, 1.54) is 0 Å². The molecule has 0 bridgehead atoms. The van der Waals surface area contributed by atoms with E-state index in [9.17, 15) is 4.79 Å². The van der Waals surface area contributed by atoms with E-state index < -0.39 is 0 Å². The third-order valence-corrected chi connectivity index (χ3v) is 5.62. The predicted octanol–water partition coefficient (Wildman–Crippen LogP) is 5.56. The Balaban J connectivity index is 1.57. The van der Waals surface area contributed by atoms with E-state index in [2.05, 4.69) is 40.4 Å². The highest BCUT2D eigenvalue weighted by Crippen LogP contribution is 2.24. The lowest BCUT2D eigenvalue weighted by atomic mass is 10.1. The summed E-state index contributed by atoms with van der Waals surface area (Å²) >= 11 is 8.77. The van der Waals surface area contributed by atoms with E-state index in [0.717, 1.165) is 36.0 Å². The highest BCUT2D eigenvalue weighted by molar-refractivity contribution is 9.10. The zero-order chi connectivity index (χ0) is 22.9. The number of ether oxygens (including phenoxy) is 3. The number of hydrogen-bond acceptors (Lipinski definition) is 5. The van der Waals surface area contributed by atoms with E-state index >= 15 is 0 Å². The Morgan fingerprint density at radius 2 is 2.09 bits per heavy atom. The summed E-state index contributed by atoms with van der Waals surface area (Å²) in [6, 6.07) is 12.8. The first-order valence-corrected chi connectivity index (χ1v) is 12.0. The normalized spacial score (nSPS) is 15.4. The van der Waals surface area contributed by atoms with Gasteiger partial charge in [-0.1, -0.05) is 35.8 Å². The lowest BCUT2D eigenvalue weighted by Crippen LogP contribution is -2.34. The molecule has 1 amide bonds. The van der Waals surface area contributed by atoms with Crippen molar-refractivity contribution in [2.45, 2.75) is 39.2 Å². The van der Waals surface area contributed by atoms with Gasteiger partial charge in [0, 0.05) is 22.8 Å². The molecule has 1 unspecified atom stereocenters. The quantitative estimate of drug-likeness (QED) is 0.422. The van der Waals surface area contributed by atoms with E-state index in [1.54, 1.807) is 12.1 Å². The van der Waals surface area contributed by atoms with Crippen molar-refractivity contribution in [3.63, 3.8) is 0 Å². The number of rotatable bonds is 9. The van der Waals surface area contributed by atoms with Crippen LogP contribution >= 0.6 is 28.1 Å². The maximum atomic E-state index is 12.9. The van der Waals surface area contributed by atoms with Crippen LogP contribution in [0.15, 0.2) is 46.9 Å². The molecule has 1 saturated heterocycles. The summed E-state index contributed by atoms with van der Waals surface area (Å²) in [5.74, 6) is 1.42. The van der Waals surface area contributed by atoms with Crippen LogP contribution in [0.1, 0.15) is 43.5 Å². The minimum atomic E-state index is -0.339. The van der Waals surface area contributed by atoms with Crippen LogP contribution in [0, 0.1) is 5.92 Å². The summed E-state index contributed by atoms with van der Waals surface area (Å²) in [6.45, 7) is 6.12. The van der Waals surface area contributed by atoms with Crippen molar-refractivity contribution < 1.29 is 19.0 Å². The van der Waals surface area contributed by atoms with Gasteiger partial charge in [-0.05, 0) is 67.7 Å². The van der Waals surface area contributed by atoms with Crippen molar-refractivity contribution >= 4 is 44.9 Å². The second kappa shape index (κ2) is 12.2. The van der Waals surface area contributed by atoms with Gasteiger partial charge in [-0.3, -0.25) is 10.1 Å². The van der Waals surface area contributed by atoms with Crippen LogP contribution in [0.4, 0.5) is 5.69 Å². The van der Waals surface area contributed by atoms with Crippen LogP contribution in [0.5, 0.6) is 11.5 Å². The summed E-state index contributed by atoms with van der Waals surface area (Å²) in [4.78, 5) is 12.9. The van der Waals surface area contributed by atoms with Gasteiger partial charge in [0.25, 0.3) is 5.91 Å². The summed E-state index contributed by atoms with van der Waals surface area (Å²) in [6.07, 6.45) is 3.15. The largest absolute Gasteiger partial charge is 0.493 e. The molecule has 0 aromatic heterocycles. The number of halogens is 1. The number of thiocarbonyl (C=S) groups is 1. The highest BCUT2D eigenvalue weighted by atomic mass is 79.9. The average molecular weight is 521 g/mol. The Morgan fingerprint density at radius 1 is 1.25 bits per heavy atom. The molecule has 2 aromatic rings. The van der Waals surface area contributed by atoms with Gasteiger partial charge in [0.2, 0.25) is 0 Å². The van der Waals surface area contributed by atoms with Crippen molar-refractivity contribution in [2.75, 3.05) is 25.1 Å². The van der Waals surface area contributed by atoms with Crippen LogP contribution in [0.25, 0.3) is 0 Å². The van der Waals surface area contributed by atoms with Crippen LogP contribution in [-0.4, -0.2) is 36.9 Å². The Bertz CT molecular complexity index is 932. The molecule has 2 N–H and O–H groups in total. The lowest BCUT2D eigenvalue weighted by molar-refractivity contribution is 0.0680. The first-order valence-electron chi connectivity index (χ1n) is 10.8. The van der Waals surface area contributed by atoms with E-state index in [4.69, 9.17) is 26.4 Å². The van der Waals surface area contributed by atoms with Gasteiger partial charge in [-0.2, -0.15) is 0 Å². The molecular formula is C24H29BrN2O4S. The molecule has 1 aliphatic heterocycles. The SMILES string of the molecule is CC(C)CCOc1ccc(Br)cc1C(=O)NC(=S)Nc1cccc(OCC2CCCO2)c1. The van der Waals surface area contributed by atoms with Gasteiger partial charge in [-0.15, -0.1) is 0 Å². The Kier molecular flexibility index (Phi) is 9.32. The monoisotopic (exact) mass is 520 g/mol.